The third-order valence-electron chi connectivity index (χ3n) is 3.62. The summed E-state index contributed by atoms with van der Waals surface area (Å²) in [4.78, 5) is 43.2. The Morgan fingerprint density at radius 3 is 2.38 bits per heavy atom. The van der Waals surface area contributed by atoms with Crippen LogP contribution in [0.5, 0.6) is 17.2 Å². The van der Waals surface area contributed by atoms with Gasteiger partial charge in [-0.05, 0) is 38.8 Å². The molecule has 15 heteroatoms. The summed E-state index contributed by atoms with van der Waals surface area (Å²) in [6, 6.07) is 5.28. The van der Waals surface area contributed by atoms with Crippen LogP contribution in [0.25, 0.3) is 0 Å². The van der Waals surface area contributed by atoms with Crippen molar-refractivity contribution in [1.82, 2.24) is 0 Å². The molecule has 2 aromatic rings. The minimum absolute atomic E-state index is 0.142. The van der Waals surface area contributed by atoms with Gasteiger partial charge in [0.25, 0.3) is 0 Å². The van der Waals surface area contributed by atoms with Crippen molar-refractivity contribution in [2.75, 3.05) is 6.35 Å². The first-order valence-electron chi connectivity index (χ1n) is 8.35. The Morgan fingerprint density at radius 1 is 1.19 bits per heavy atom. The fourth-order valence-electron chi connectivity index (χ4n) is 2.19. The van der Waals surface area contributed by atoms with E-state index in [0.717, 1.165) is 31.2 Å². The molecule has 0 radical (unpaired) electrons. The molecule has 0 bridgehead atoms. The van der Waals surface area contributed by atoms with Crippen LogP contribution in [0.1, 0.15) is 12.5 Å². The number of ether oxygens (including phenoxy) is 3. The maximum absolute atomic E-state index is 12.7. The lowest BCUT2D eigenvalue weighted by Gasteiger charge is -2.28. The Hall–Kier alpha value is -2.86. The number of nitrogens with zero attached hydrogens (tertiary/aromatic N) is 1. The predicted octanol–water partition coefficient (Wildman–Crippen LogP) is 3.24. The van der Waals surface area contributed by atoms with E-state index in [4.69, 9.17) is 21.1 Å². The van der Waals surface area contributed by atoms with Crippen LogP contribution in [0.2, 0.25) is 5.02 Å². The van der Waals surface area contributed by atoms with Crippen molar-refractivity contribution in [1.29, 1.82) is 0 Å². The molecule has 2 rings (SSSR count). The highest BCUT2D eigenvalue weighted by atomic mass is 35.5. The normalized spacial score (nSPS) is 12.7. The maximum Gasteiger partial charge on any atom is 0.416 e. The number of rotatable bonds is 8. The molecule has 0 aliphatic rings. The lowest BCUT2D eigenvalue weighted by Crippen LogP contribution is -2.29. The van der Waals surface area contributed by atoms with E-state index < -0.39 is 59.1 Å². The van der Waals surface area contributed by atoms with Gasteiger partial charge in [0.05, 0.1) is 15.5 Å². The van der Waals surface area contributed by atoms with Gasteiger partial charge in [0.15, 0.2) is 6.10 Å². The van der Waals surface area contributed by atoms with Crippen LogP contribution in [0.3, 0.4) is 0 Å². The second kappa shape index (κ2) is 9.74. The van der Waals surface area contributed by atoms with E-state index in [-0.39, 0.29) is 11.5 Å². The molecule has 0 N–H and O–H groups in total. The van der Waals surface area contributed by atoms with Gasteiger partial charge in [-0.1, -0.05) is 11.6 Å². The molecule has 10 nitrogen and oxygen atoms in total. The number of carbonyl (C=O) groups is 1. The quantitative estimate of drug-likeness (QED) is 0.231. The molecule has 0 fully saturated rings. The first-order valence-corrected chi connectivity index (χ1v) is 10.5. The van der Waals surface area contributed by atoms with Gasteiger partial charge in [-0.3, -0.25) is 10.1 Å². The summed E-state index contributed by atoms with van der Waals surface area (Å²) in [5.74, 6) is -2.14. The van der Waals surface area contributed by atoms with E-state index in [1.165, 1.54) is 0 Å². The highest BCUT2D eigenvalue weighted by molar-refractivity contribution is 7.48. The Kier molecular flexibility index (Phi) is 7.73. The number of alkyl halides is 3. The highest BCUT2D eigenvalue weighted by Crippen LogP contribution is 2.38. The molecule has 1 unspecified atom stereocenters. The van der Waals surface area contributed by atoms with E-state index in [2.05, 4.69) is 4.74 Å². The van der Waals surface area contributed by atoms with Crippen molar-refractivity contribution in [3.8, 4) is 17.2 Å². The third-order valence-corrected chi connectivity index (χ3v) is 4.36. The second-order valence-corrected chi connectivity index (χ2v) is 7.98. The lowest BCUT2D eigenvalue weighted by molar-refractivity contribution is -0.386. The van der Waals surface area contributed by atoms with Crippen LogP contribution in [0, 0.1) is 10.1 Å². The van der Waals surface area contributed by atoms with E-state index in [1.54, 1.807) is 0 Å². The molecular weight excluding hydrogens is 486 g/mol. The molecule has 0 spiro atoms. The van der Waals surface area contributed by atoms with Gasteiger partial charge in [0, 0.05) is 12.1 Å². The molecule has 0 heterocycles. The molecule has 0 aromatic heterocycles. The molecule has 0 saturated heterocycles. The number of hydrogen-bond donors (Lipinski definition) is 0. The van der Waals surface area contributed by atoms with E-state index in [1.807, 2.05) is 0 Å². The van der Waals surface area contributed by atoms with E-state index in [9.17, 15) is 42.4 Å². The Bertz CT molecular complexity index is 1070. The van der Waals surface area contributed by atoms with Crippen molar-refractivity contribution >= 4 is 30.9 Å². The van der Waals surface area contributed by atoms with Crippen molar-refractivity contribution < 1.29 is 51.5 Å². The number of esters is 1. The Balaban J connectivity index is 2.25. The molecule has 1 atom stereocenters. The summed E-state index contributed by atoms with van der Waals surface area (Å²) < 4.78 is 63.5. The molecular formula is C17H12ClF3NO9P-2. The van der Waals surface area contributed by atoms with E-state index >= 15 is 0 Å². The molecule has 0 aliphatic heterocycles. The number of nitro groups is 1. The summed E-state index contributed by atoms with van der Waals surface area (Å²) >= 11 is 5.80. The number of carbonyl (C=O) groups excluding carboxylic acids is 1. The van der Waals surface area contributed by atoms with Gasteiger partial charge in [-0.25, -0.2) is 4.79 Å². The third kappa shape index (κ3) is 7.09. The maximum atomic E-state index is 12.7. The van der Waals surface area contributed by atoms with Crippen molar-refractivity contribution in [3.63, 3.8) is 0 Å². The van der Waals surface area contributed by atoms with Crippen molar-refractivity contribution in [3.05, 3.63) is 57.1 Å². The smallest absolute Gasteiger partial charge is 0.416 e. The molecule has 2 aromatic carbocycles. The first-order chi connectivity index (χ1) is 14.7. The minimum atomic E-state index is -5.14. The standard InChI is InChI=1S/C17H14ClF3NO9P/c1-9(16(23)29-8-32(26,27)28)30-15-7-11(3-4-13(15)22(24)25)31-14-5-2-10(6-12(14)18)17(19,20)21/h2-7,9H,8H2,1H3,(H2,26,27,28)/p-2. The first kappa shape index (κ1) is 25.4. The number of hydrogen-bond acceptors (Lipinski definition) is 9. The van der Waals surface area contributed by atoms with E-state index in [0.29, 0.717) is 12.1 Å². The largest absolute Gasteiger partial charge is 0.808 e. The van der Waals surface area contributed by atoms with Crippen LogP contribution in [-0.2, 0) is 20.3 Å². The summed E-state index contributed by atoms with van der Waals surface area (Å²) in [5.41, 5.74) is -1.63. The monoisotopic (exact) mass is 497 g/mol. The molecule has 0 aliphatic carbocycles. The Morgan fingerprint density at radius 2 is 1.84 bits per heavy atom. The summed E-state index contributed by atoms with van der Waals surface area (Å²) in [5, 5.41) is 10.8. The van der Waals surface area contributed by atoms with Gasteiger partial charge >= 0.3 is 17.8 Å². The van der Waals surface area contributed by atoms with Gasteiger partial charge in [-0.15, -0.1) is 0 Å². The molecule has 32 heavy (non-hydrogen) atoms. The predicted molar refractivity (Wildman–Crippen MR) is 98.3 cm³/mol. The van der Waals surface area contributed by atoms with Crippen LogP contribution < -0.4 is 19.3 Å². The van der Waals surface area contributed by atoms with Crippen LogP contribution in [-0.4, -0.2) is 23.3 Å². The summed E-state index contributed by atoms with van der Waals surface area (Å²) in [6.07, 6.45) is -7.63. The van der Waals surface area contributed by atoms with Gasteiger partial charge < -0.3 is 28.6 Å². The van der Waals surface area contributed by atoms with Crippen LogP contribution in [0.4, 0.5) is 18.9 Å². The molecule has 0 amide bonds. The zero-order valence-electron chi connectivity index (χ0n) is 15.8. The second-order valence-electron chi connectivity index (χ2n) is 6.10. The zero-order valence-corrected chi connectivity index (χ0v) is 17.5. The Labute approximate surface area is 182 Å². The fourth-order valence-corrected chi connectivity index (χ4v) is 2.69. The minimum Gasteiger partial charge on any atom is -0.808 e. The van der Waals surface area contributed by atoms with Crippen LogP contribution in [0.15, 0.2) is 36.4 Å². The fraction of sp³-hybridized carbons (Fsp3) is 0.235. The zero-order chi connectivity index (χ0) is 24.3. The number of nitro benzene ring substituents is 1. The molecule has 174 valence electrons. The van der Waals surface area contributed by atoms with Gasteiger partial charge in [-0.2, -0.15) is 13.2 Å². The van der Waals surface area contributed by atoms with Gasteiger partial charge in [0.2, 0.25) is 5.75 Å². The average molecular weight is 498 g/mol. The summed E-state index contributed by atoms with van der Waals surface area (Å²) in [6.45, 7) is 1.08. The lowest BCUT2D eigenvalue weighted by atomic mass is 10.2. The topological polar surface area (TPSA) is 151 Å². The van der Waals surface area contributed by atoms with Crippen LogP contribution >= 0.6 is 19.2 Å². The SMILES string of the molecule is CC(Oc1cc(Oc2ccc(C(F)(F)F)cc2Cl)ccc1[N+](=O)[O-])C(=O)OCP(=O)([O-])[O-]. The number of halogens is 4. The average Bonchev–Trinajstić information content (AvgIpc) is 2.66. The van der Waals surface area contributed by atoms with Crippen molar-refractivity contribution in [2.45, 2.75) is 19.2 Å². The highest BCUT2D eigenvalue weighted by Gasteiger charge is 2.31. The summed E-state index contributed by atoms with van der Waals surface area (Å²) in [7, 11) is -5.14. The van der Waals surface area contributed by atoms with Gasteiger partial charge in [0.1, 0.15) is 17.8 Å². The number of benzene rings is 2. The molecule has 0 saturated carbocycles. The van der Waals surface area contributed by atoms with Crippen molar-refractivity contribution in [2.24, 2.45) is 0 Å².